The fraction of sp³-hybridized carbons (Fsp3) is 0.360. The number of carbonyl (C=O) groups excluding carboxylic acids is 2. The van der Waals surface area contributed by atoms with Crippen LogP contribution in [-0.2, 0) is 22.4 Å². The Bertz CT molecular complexity index is 857. The Morgan fingerprint density at radius 3 is 2.03 bits per heavy atom. The zero-order valence-electron chi connectivity index (χ0n) is 17.3. The summed E-state index contributed by atoms with van der Waals surface area (Å²) in [4.78, 5) is 25.5. The summed E-state index contributed by atoms with van der Waals surface area (Å²) in [5, 5.41) is 6.35. The molecule has 0 aromatic heterocycles. The summed E-state index contributed by atoms with van der Waals surface area (Å²) in [6.07, 6.45) is 3.97. The lowest BCUT2D eigenvalue weighted by Gasteiger charge is -2.36. The van der Waals surface area contributed by atoms with Crippen LogP contribution in [0.25, 0.3) is 0 Å². The molecule has 3 rings (SSSR count). The third kappa shape index (κ3) is 5.80. The first-order valence-corrected chi connectivity index (χ1v) is 10.3. The predicted octanol–water partition coefficient (Wildman–Crippen LogP) is 3.68. The number of hydrogen-bond donors (Lipinski definition) is 2. The summed E-state index contributed by atoms with van der Waals surface area (Å²) >= 11 is 0. The maximum absolute atomic E-state index is 12.8. The van der Waals surface area contributed by atoms with Crippen molar-refractivity contribution in [1.82, 2.24) is 10.6 Å². The number of allylic oxidation sites excluding steroid dienone is 2. The van der Waals surface area contributed by atoms with Gasteiger partial charge in [0.15, 0.2) is 5.78 Å². The van der Waals surface area contributed by atoms with Crippen LogP contribution in [0.4, 0.5) is 0 Å². The quantitative estimate of drug-likeness (QED) is 0.676. The number of ketones is 1. The molecule has 0 radical (unpaired) electrons. The number of carbonyl (C=O) groups is 2. The van der Waals surface area contributed by atoms with Gasteiger partial charge in [-0.3, -0.25) is 9.59 Å². The number of amides is 1. The third-order valence-electron chi connectivity index (χ3n) is 5.46. The minimum Gasteiger partial charge on any atom is -0.388 e. The Morgan fingerprint density at radius 2 is 1.48 bits per heavy atom. The lowest BCUT2D eigenvalue weighted by molar-refractivity contribution is -0.137. The van der Waals surface area contributed by atoms with E-state index in [1.165, 1.54) is 11.1 Å². The van der Waals surface area contributed by atoms with Crippen molar-refractivity contribution in [3.8, 4) is 0 Å². The zero-order valence-corrected chi connectivity index (χ0v) is 17.3. The molecule has 152 valence electrons. The highest BCUT2D eigenvalue weighted by Crippen LogP contribution is 2.38. The first-order chi connectivity index (χ1) is 14.0. The molecule has 1 atom stereocenters. The van der Waals surface area contributed by atoms with Crippen molar-refractivity contribution in [1.29, 1.82) is 0 Å². The third-order valence-corrected chi connectivity index (χ3v) is 5.46. The number of rotatable bonds is 8. The maximum Gasteiger partial charge on any atom is 0.231 e. The second kappa shape index (κ2) is 9.55. The number of hydrogen-bond acceptors (Lipinski definition) is 3. The summed E-state index contributed by atoms with van der Waals surface area (Å²) in [6, 6.07) is 20.3. The van der Waals surface area contributed by atoms with Crippen LogP contribution >= 0.6 is 0 Å². The zero-order chi connectivity index (χ0) is 20.7. The molecule has 2 aromatic carbocycles. The molecular formula is C25H30N2O2. The second-order valence-corrected chi connectivity index (χ2v) is 8.36. The van der Waals surface area contributed by atoms with Crippen LogP contribution in [0.15, 0.2) is 72.4 Å². The van der Waals surface area contributed by atoms with Crippen molar-refractivity contribution in [3.05, 3.63) is 83.6 Å². The average Bonchev–Trinajstić information content (AvgIpc) is 2.68. The lowest BCUT2D eigenvalue weighted by Crippen LogP contribution is -2.47. The van der Waals surface area contributed by atoms with Gasteiger partial charge in [0.1, 0.15) is 5.92 Å². The van der Waals surface area contributed by atoms with E-state index >= 15 is 0 Å². The SMILES string of the molecule is CC1(C)CC(NCCc2ccccc2)=CC(=O)[C@H]1C(=O)NCCc1ccccc1. The van der Waals surface area contributed by atoms with E-state index in [0.29, 0.717) is 13.0 Å². The molecule has 0 saturated heterocycles. The van der Waals surface area contributed by atoms with Gasteiger partial charge in [0.25, 0.3) is 0 Å². The van der Waals surface area contributed by atoms with Crippen LogP contribution in [0.1, 0.15) is 31.4 Å². The highest BCUT2D eigenvalue weighted by molar-refractivity contribution is 6.08. The molecule has 0 bridgehead atoms. The van der Waals surface area contributed by atoms with Crippen LogP contribution in [0.3, 0.4) is 0 Å². The molecule has 2 N–H and O–H groups in total. The minimum atomic E-state index is -0.641. The van der Waals surface area contributed by atoms with Gasteiger partial charge in [0, 0.05) is 24.9 Å². The largest absolute Gasteiger partial charge is 0.388 e. The Labute approximate surface area is 173 Å². The molecule has 0 unspecified atom stereocenters. The van der Waals surface area contributed by atoms with Gasteiger partial charge in [-0.15, -0.1) is 0 Å². The second-order valence-electron chi connectivity index (χ2n) is 8.36. The van der Waals surface area contributed by atoms with Gasteiger partial charge in [0.2, 0.25) is 5.91 Å². The number of benzene rings is 2. The molecule has 0 fully saturated rings. The highest BCUT2D eigenvalue weighted by atomic mass is 16.2. The first kappa shape index (κ1) is 20.8. The van der Waals surface area contributed by atoms with Crippen molar-refractivity contribution >= 4 is 11.7 Å². The van der Waals surface area contributed by atoms with Gasteiger partial charge in [0.05, 0.1) is 0 Å². The van der Waals surface area contributed by atoms with Crippen molar-refractivity contribution in [2.24, 2.45) is 11.3 Å². The van der Waals surface area contributed by atoms with E-state index in [-0.39, 0.29) is 11.7 Å². The van der Waals surface area contributed by atoms with Crippen LogP contribution in [0.2, 0.25) is 0 Å². The first-order valence-electron chi connectivity index (χ1n) is 10.3. The Morgan fingerprint density at radius 1 is 0.931 bits per heavy atom. The van der Waals surface area contributed by atoms with Gasteiger partial charge >= 0.3 is 0 Å². The molecular weight excluding hydrogens is 360 g/mol. The molecule has 2 aromatic rings. The summed E-state index contributed by atoms with van der Waals surface area (Å²) in [5.41, 5.74) is 2.94. The van der Waals surface area contributed by atoms with Gasteiger partial charge < -0.3 is 10.6 Å². The topological polar surface area (TPSA) is 58.2 Å². The summed E-state index contributed by atoms with van der Waals surface area (Å²) < 4.78 is 0. The van der Waals surface area contributed by atoms with E-state index in [2.05, 4.69) is 22.8 Å². The molecule has 0 aliphatic heterocycles. The molecule has 1 aliphatic carbocycles. The Kier molecular flexibility index (Phi) is 6.86. The smallest absolute Gasteiger partial charge is 0.231 e. The maximum atomic E-state index is 12.8. The van der Waals surface area contributed by atoms with Crippen LogP contribution in [0, 0.1) is 11.3 Å². The van der Waals surface area contributed by atoms with Crippen molar-refractivity contribution in [2.45, 2.75) is 33.1 Å². The Balaban J connectivity index is 1.53. The van der Waals surface area contributed by atoms with Gasteiger partial charge in [-0.25, -0.2) is 0 Å². The van der Waals surface area contributed by atoms with Crippen LogP contribution < -0.4 is 10.6 Å². The Hall–Kier alpha value is -2.88. The van der Waals surface area contributed by atoms with Gasteiger partial charge in [-0.2, -0.15) is 0 Å². The minimum absolute atomic E-state index is 0.110. The number of nitrogens with one attached hydrogen (secondary N) is 2. The molecule has 1 aliphatic rings. The molecule has 4 nitrogen and oxygen atoms in total. The average molecular weight is 391 g/mol. The van der Waals surface area contributed by atoms with Crippen molar-refractivity contribution < 1.29 is 9.59 Å². The van der Waals surface area contributed by atoms with Crippen LogP contribution in [-0.4, -0.2) is 24.8 Å². The fourth-order valence-corrected chi connectivity index (χ4v) is 3.97. The van der Waals surface area contributed by atoms with E-state index in [9.17, 15) is 9.59 Å². The standard InChI is InChI=1S/C25H30N2O2/c1-25(2)18-21(26-15-13-19-9-5-3-6-10-19)17-22(28)23(25)24(29)27-16-14-20-11-7-4-8-12-20/h3-12,17,23,26H,13-16,18H2,1-2H3,(H,27,29)/t23-/m0/s1. The summed E-state index contributed by atoms with van der Waals surface area (Å²) in [6.45, 7) is 5.30. The molecule has 4 heteroatoms. The predicted molar refractivity (Wildman–Crippen MR) is 116 cm³/mol. The molecule has 0 heterocycles. The molecule has 0 saturated carbocycles. The lowest BCUT2D eigenvalue weighted by atomic mass is 9.69. The van der Waals surface area contributed by atoms with Gasteiger partial charge in [-0.1, -0.05) is 74.5 Å². The van der Waals surface area contributed by atoms with E-state index in [1.54, 1.807) is 6.08 Å². The summed E-state index contributed by atoms with van der Waals surface area (Å²) in [5.74, 6) is -0.922. The van der Waals surface area contributed by atoms with Crippen LogP contribution in [0.5, 0.6) is 0 Å². The summed E-state index contributed by atoms with van der Waals surface area (Å²) in [7, 11) is 0. The molecule has 0 spiro atoms. The van der Waals surface area contributed by atoms with E-state index < -0.39 is 11.3 Å². The molecule has 1 amide bonds. The van der Waals surface area contributed by atoms with E-state index in [0.717, 1.165) is 25.1 Å². The van der Waals surface area contributed by atoms with E-state index in [1.807, 2.05) is 62.4 Å². The van der Waals surface area contributed by atoms with E-state index in [4.69, 9.17) is 0 Å². The normalized spacial score (nSPS) is 18.1. The highest BCUT2D eigenvalue weighted by Gasteiger charge is 2.43. The van der Waals surface area contributed by atoms with Gasteiger partial charge in [-0.05, 0) is 35.8 Å². The fourth-order valence-electron chi connectivity index (χ4n) is 3.97. The molecule has 29 heavy (non-hydrogen) atoms. The van der Waals surface area contributed by atoms with Crippen molar-refractivity contribution in [3.63, 3.8) is 0 Å². The monoisotopic (exact) mass is 390 g/mol. The van der Waals surface area contributed by atoms with Crippen molar-refractivity contribution in [2.75, 3.05) is 13.1 Å².